The highest BCUT2D eigenvalue weighted by Crippen LogP contribution is 2.38. The fraction of sp³-hybridized carbons (Fsp3) is 0.368. The van der Waals surface area contributed by atoms with E-state index in [2.05, 4.69) is 5.32 Å². The molecule has 2 amide bonds. The topological polar surface area (TPSA) is 67.9 Å². The lowest BCUT2D eigenvalue weighted by Gasteiger charge is -2.24. The van der Waals surface area contributed by atoms with Crippen LogP contribution in [0.5, 0.6) is 11.5 Å². The number of rotatable bonds is 3. The average molecular weight is 441 g/mol. The molecule has 2 aliphatic rings. The number of nitrogens with zero attached hydrogens (tertiary/aromatic N) is 1. The van der Waals surface area contributed by atoms with Gasteiger partial charge in [0.05, 0.1) is 33.1 Å². The predicted octanol–water partition coefficient (Wildman–Crippen LogP) is 4.46. The molecule has 1 aromatic carbocycles. The van der Waals surface area contributed by atoms with Gasteiger partial charge in [-0.05, 0) is 25.0 Å². The van der Waals surface area contributed by atoms with Crippen LogP contribution in [0.2, 0.25) is 9.36 Å². The van der Waals surface area contributed by atoms with Crippen molar-refractivity contribution in [1.82, 2.24) is 4.90 Å². The lowest BCUT2D eigenvalue weighted by Crippen LogP contribution is -2.43. The second-order valence-electron chi connectivity index (χ2n) is 6.58. The lowest BCUT2D eigenvalue weighted by atomic mass is 10.2. The molecule has 0 spiro atoms. The first-order chi connectivity index (χ1) is 13.5. The summed E-state index contributed by atoms with van der Waals surface area (Å²) in [7, 11) is 0. The van der Waals surface area contributed by atoms with Gasteiger partial charge >= 0.3 is 0 Å². The number of benzene rings is 1. The van der Waals surface area contributed by atoms with Gasteiger partial charge in [0.25, 0.3) is 5.91 Å². The van der Waals surface area contributed by atoms with Crippen LogP contribution in [0.4, 0.5) is 5.69 Å². The Morgan fingerprint density at radius 1 is 1.11 bits per heavy atom. The van der Waals surface area contributed by atoms with Crippen LogP contribution in [0.3, 0.4) is 0 Å². The van der Waals surface area contributed by atoms with Gasteiger partial charge in [-0.2, -0.15) is 0 Å². The molecule has 1 aromatic heterocycles. The summed E-state index contributed by atoms with van der Waals surface area (Å²) >= 11 is 13.5. The molecular formula is C19H18Cl2N2O4S. The lowest BCUT2D eigenvalue weighted by molar-refractivity contribution is -0.119. The highest BCUT2D eigenvalue weighted by Gasteiger charge is 2.35. The molecule has 0 unspecified atom stereocenters. The SMILES string of the molecule is O=C(Nc1cc2c(cc1Cl)OCCCO2)[C@H]1CCCN1C(=O)c1ccc(Cl)s1. The van der Waals surface area contributed by atoms with E-state index in [9.17, 15) is 9.59 Å². The van der Waals surface area contributed by atoms with Crippen LogP contribution in [0, 0.1) is 0 Å². The summed E-state index contributed by atoms with van der Waals surface area (Å²) < 4.78 is 11.8. The Kier molecular flexibility index (Phi) is 5.66. The number of halogens is 2. The number of thiophene rings is 1. The van der Waals surface area contributed by atoms with Crippen LogP contribution in [0.15, 0.2) is 24.3 Å². The number of ether oxygens (including phenoxy) is 2. The number of hydrogen-bond acceptors (Lipinski definition) is 5. The molecule has 148 valence electrons. The van der Waals surface area contributed by atoms with Crippen LogP contribution in [-0.4, -0.2) is 42.5 Å². The smallest absolute Gasteiger partial charge is 0.264 e. The van der Waals surface area contributed by atoms with E-state index in [1.54, 1.807) is 29.2 Å². The van der Waals surface area contributed by atoms with Gasteiger partial charge in [-0.25, -0.2) is 0 Å². The van der Waals surface area contributed by atoms with Gasteiger partial charge in [-0.3, -0.25) is 9.59 Å². The van der Waals surface area contributed by atoms with E-state index >= 15 is 0 Å². The molecule has 1 fully saturated rings. The average Bonchev–Trinajstić information content (AvgIpc) is 3.27. The molecule has 0 aliphatic carbocycles. The second-order valence-corrected chi connectivity index (χ2v) is 8.70. The third-order valence-electron chi connectivity index (χ3n) is 4.70. The van der Waals surface area contributed by atoms with E-state index in [0.29, 0.717) is 57.6 Å². The molecule has 1 atom stereocenters. The third-order valence-corrected chi connectivity index (χ3v) is 6.23. The van der Waals surface area contributed by atoms with Gasteiger partial charge in [0.1, 0.15) is 6.04 Å². The van der Waals surface area contributed by atoms with Gasteiger partial charge in [-0.15, -0.1) is 11.3 Å². The van der Waals surface area contributed by atoms with Crippen LogP contribution < -0.4 is 14.8 Å². The fourth-order valence-electron chi connectivity index (χ4n) is 3.35. The van der Waals surface area contributed by atoms with Crippen molar-refractivity contribution in [2.45, 2.75) is 25.3 Å². The second kappa shape index (κ2) is 8.19. The fourth-order valence-corrected chi connectivity index (χ4v) is 4.55. The number of amides is 2. The Labute approximate surface area is 176 Å². The summed E-state index contributed by atoms with van der Waals surface area (Å²) in [5, 5.41) is 3.20. The molecule has 6 nitrogen and oxygen atoms in total. The van der Waals surface area contributed by atoms with Crippen molar-refractivity contribution in [2.75, 3.05) is 25.1 Å². The summed E-state index contributed by atoms with van der Waals surface area (Å²) in [6.07, 6.45) is 2.14. The maximum absolute atomic E-state index is 12.9. The maximum Gasteiger partial charge on any atom is 0.264 e. The zero-order valence-electron chi connectivity index (χ0n) is 14.9. The molecule has 2 aromatic rings. The van der Waals surface area contributed by atoms with Crippen LogP contribution in [-0.2, 0) is 4.79 Å². The minimum Gasteiger partial charge on any atom is -0.490 e. The quantitative estimate of drug-likeness (QED) is 0.764. The van der Waals surface area contributed by atoms with E-state index < -0.39 is 6.04 Å². The Morgan fingerprint density at radius 2 is 1.86 bits per heavy atom. The Hall–Kier alpha value is -1.96. The number of anilines is 1. The zero-order valence-corrected chi connectivity index (χ0v) is 17.2. The molecular weight excluding hydrogens is 423 g/mol. The summed E-state index contributed by atoms with van der Waals surface area (Å²) in [6, 6.07) is 6.12. The Bertz CT molecular complexity index is 917. The van der Waals surface area contributed by atoms with Gasteiger partial charge in [0.2, 0.25) is 5.91 Å². The number of fused-ring (bicyclic) bond motifs is 1. The minimum absolute atomic E-state index is 0.181. The number of carbonyl (C=O) groups is 2. The molecule has 1 N–H and O–H groups in total. The van der Waals surface area contributed by atoms with Crippen molar-refractivity contribution in [3.8, 4) is 11.5 Å². The zero-order chi connectivity index (χ0) is 19.7. The summed E-state index contributed by atoms with van der Waals surface area (Å²) in [5.41, 5.74) is 0.439. The maximum atomic E-state index is 12.9. The van der Waals surface area contributed by atoms with E-state index in [4.69, 9.17) is 32.7 Å². The molecule has 0 bridgehead atoms. The van der Waals surface area contributed by atoms with Crippen molar-refractivity contribution in [1.29, 1.82) is 0 Å². The first-order valence-corrected chi connectivity index (χ1v) is 10.6. The Morgan fingerprint density at radius 3 is 2.57 bits per heavy atom. The van der Waals surface area contributed by atoms with Crippen LogP contribution in [0.25, 0.3) is 0 Å². The van der Waals surface area contributed by atoms with Gasteiger partial charge in [0, 0.05) is 25.1 Å². The van der Waals surface area contributed by atoms with Crippen molar-refractivity contribution in [3.63, 3.8) is 0 Å². The highest BCUT2D eigenvalue weighted by molar-refractivity contribution is 7.18. The molecule has 2 aliphatic heterocycles. The molecule has 3 heterocycles. The number of carbonyl (C=O) groups excluding carboxylic acids is 2. The first kappa shape index (κ1) is 19.4. The minimum atomic E-state index is -0.555. The van der Waals surface area contributed by atoms with Gasteiger partial charge in [-0.1, -0.05) is 23.2 Å². The molecule has 28 heavy (non-hydrogen) atoms. The van der Waals surface area contributed by atoms with E-state index in [1.807, 2.05) is 0 Å². The Balaban J connectivity index is 1.51. The predicted molar refractivity (Wildman–Crippen MR) is 109 cm³/mol. The van der Waals surface area contributed by atoms with Crippen molar-refractivity contribution in [2.24, 2.45) is 0 Å². The van der Waals surface area contributed by atoms with Crippen molar-refractivity contribution < 1.29 is 19.1 Å². The van der Waals surface area contributed by atoms with Gasteiger partial charge in [0.15, 0.2) is 11.5 Å². The molecule has 4 rings (SSSR count). The van der Waals surface area contributed by atoms with Crippen molar-refractivity contribution in [3.05, 3.63) is 38.5 Å². The number of hydrogen-bond donors (Lipinski definition) is 1. The van der Waals surface area contributed by atoms with E-state index in [-0.39, 0.29) is 11.8 Å². The molecule has 9 heteroatoms. The standard InChI is InChI=1S/C19H18Cl2N2O4S/c20-11-9-14-15(27-8-2-7-26-14)10-12(11)22-18(24)13-3-1-6-23(13)19(25)16-4-5-17(21)28-16/h4-5,9-10,13H,1-3,6-8H2,(H,22,24)/t13-/m1/s1. The number of likely N-dealkylation sites (tertiary alicyclic amines) is 1. The first-order valence-electron chi connectivity index (χ1n) is 8.99. The summed E-state index contributed by atoms with van der Waals surface area (Å²) in [4.78, 5) is 27.8. The molecule has 0 radical (unpaired) electrons. The van der Waals surface area contributed by atoms with Crippen LogP contribution in [0.1, 0.15) is 28.9 Å². The molecule has 0 saturated carbocycles. The monoisotopic (exact) mass is 440 g/mol. The largest absolute Gasteiger partial charge is 0.490 e. The van der Waals surface area contributed by atoms with E-state index in [0.717, 1.165) is 12.8 Å². The van der Waals surface area contributed by atoms with Crippen molar-refractivity contribution >= 4 is 52.0 Å². The summed E-state index contributed by atoms with van der Waals surface area (Å²) in [6.45, 7) is 1.62. The van der Waals surface area contributed by atoms with Crippen LogP contribution >= 0.6 is 34.5 Å². The normalized spacial score (nSPS) is 18.6. The summed E-state index contributed by atoms with van der Waals surface area (Å²) in [5.74, 6) is 0.654. The highest BCUT2D eigenvalue weighted by atomic mass is 35.5. The van der Waals surface area contributed by atoms with E-state index in [1.165, 1.54) is 11.3 Å². The molecule has 1 saturated heterocycles. The third kappa shape index (κ3) is 3.92. The van der Waals surface area contributed by atoms with Gasteiger partial charge < -0.3 is 19.7 Å². The number of nitrogens with one attached hydrogen (secondary N) is 1.